The number of piperazine rings is 1. The summed E-state index contributed by atoms with van der Waals surface area (Å²) in [6.45, 7) is 4.99. The van der Waals surface area contributed by atoms with Gasteiger partial charge in [-0.2, -0.15) is 9.78 Å². The molecule has 2 aromatic carbocycles. The first-order valence-electron chi connectivity index (χ1n) is 12.4. The van der Waals surface area contributed by atoms with Gasteiger partial charge in [-0.1, -0.05) is 37.3 Å². The van der Waals surface area contributed by atoms with Gasteiger partial charge in [-0.3, -0.25) is 9.59 Å². The van der Waals surface area contributed by atoms with E-state index in [1.54, 1.807) is 30.5 Å². The summed E-state index contributed by atoms with van der Waals surface area (Å²) in [7, 11) is 0. The molecule has 194 valence electrons. The van der Waals surface area contributed by atoms with Crippen molar-refractivity contribution in [1.29, 1.82) is 0 Å². The number of para-hydroxylation sites is 1. The maximum atomic E-state index is 13.5. The van der Waals surface area contributed by atoms with Crippen molar-refractivity contribution in [3.63, 3.8) is 0 Å². The fourth-order valence-corrected chi connectivity index (χ4v) is 5.51. The fourth-order valence-electron chi connectivity index (χ4n) is 4.28. The monoisotopic (exact) mass is 521 g/mol. The first-order valence-corrected chi connectivity index (χ1v) is 13.7. The van der Waals surface area contributed by atoms with Crippen LogP contribution < -0.4 is 20.9 Å². The largest absolute Gasteiger partial charge is 0.598 e. The number of carbonyl (C=O) groups is 1. The number of amides is 1. The molecule has 0 spiro atoms. The number of hydrogen-bond acceptors (Lipinski definition) is 7. The molecule has 10 heteroatoms. The average Bonchev–Trinajstić information content (AvgIpc) is 3.65. The third-order valence-electron chi connectivity index (χ3n) is 6.98. The van der Waals surface area contributed by atoms with Crippen LogP contribution in [-0.4, -0.2) is 57.3 Å². The Morgan fingerprint density at radius 3 is 2.38 bits per heavy atom. The topological polar surface area (TPSA) is 117 Å². The van der Waals surface area contributed by atoms with E-state index in [1.165, 1.54) is 4.68 Å². The summed E-state index contributed by atoms with van der Waals surface area (Å²) in [6, 6.07) is 16.2. The molecule has 0 radical (unpaired) electrons. The molecule has 1 saturated heterocycles. The normalized spacial score (nSPS) is 17.8. The van der Waals surface area contributed by atoms with E-state index in [0.29, 0.717) is 61.2 Å². The molecule has 2 fully saturated rings. The molecule has 1 aliphatic heterocycles. The number of primary amides is 1. The number of ether oxygens (including phenoxy) is 1. The Kier molecular flexibility index (Phi) is 7.23. The van der Waals surface area contributed by atoms with Crippen molar-refractivity contribution in [2.75, 3.05) is 37.7 Å². The standard InChI is InChI=1S/C27H31N5O4S/c1-27(11-12-27)19-36-24-23(17-29-32(26(24)34)22-5-3-2-4-6-22)30-13-15-31(16-14-30)37(35)18-20-7-9-21(10-8-20)25(28)33/h2-10,17H,11-16,18-19H2,1H3,(H2,28,33). The fraction of sp³-hybridized carbons (Fsp3) is 0.370. The van der Waals surface area contributed by atoms with Crippen LogP contribution in [-0.2, 0) is 17.1 Å². The number of aromatic nitrogens is 2. The molecule has 1 aliphatic carbocycles. The Hall–Kier alpha value is -3.34. The van der Waals surface area contributed by atoms with Gasteiger partial charge >= 0.3 is 5.56 Å². The van der Waals surface area contributed by atoms with Crippen molar-refractivity contribution < 1.29 is 14.1 Å². The van der Waals surface area contributed by atoms with E-state index in [1.807, 2.05) is 34.6 Å². The lowest BCUT2D eigenvalue weighted by Gasteiger charge is -2.36. The van der Waals surface area contributed by atoms with Crippen LogP contribution in [0.25, 0.3) is 5.69 Å². The van der Waals surface area contributed by atoms with Crippen LogP contribution in [0.15, 0.2) is 65.6 Å². The highest BCUT2D eigenvalue weighted by Crippen LogP contribution is 2.45. The lowest BCUT2D eigenvalue weighted by molar-refractivity contribution is 0.100. The molecule has 1 unspecified atom stereocenters. The molecule has 1 saturated carbocycles. The molecule has 2 heterocycles. The van der Waals surface area contributed by atoms with Crippen LogP contribution in [0.3, 0.4) is 0 Å². The maximum absolute atomic E-state index is 13.5. The lowest BCUT2D eigenvalue weighted by Crippen LogP contribution is -2.49. The minimum Gasteiger partial charge on any atom is -0.598 e. The smallest absolute Gasteiger partial charge is 0.316 e. The maximum Gasteiger partial charge on any atom is 0.316 e. The number of benzene rings is 2. The molecule has 2 aliphatic rings. The van der Waals surface area contributed by atoms with Gasteiger partial charge in [-0.05, 0) is 37.1 Å². The van der Waals surface area contributed by atoms with Crippen molar-refractivity contribution >= 4 is 23.0 Å². The number of hydrogen-bond donors (Lipinski definition) is 1. The Labute approximate surface area is 219 Å². The highest BCUT2D eigenvalue weighted by molar-refractivity contribution is 7.88. The SMILES string of the molecule is CC1(COc2c(N3CCN([S+]([O-])Cc4ccc(C(N)=O)cc4)CC3)cnn(-c3ccccc3)c2=O)CC1. The zero-order valence-electron chi connectivity index (χ0n) is 20.8. The highest BCUT2D eigenvalue weighted by Gasteiger charge is 2.39. The quantitative estimate of drug-likeness (QED) is 0.430. The third-order valence-corrected chi connectivity index (χ3v) is 8.50. The molecular weight excluding hydrogens is 490 g/mol. The second kappa shape index (κ2) is 10.6. The van der Waals surface area contributed by atoms with Gasteiger partial charge in [0.05, 0.1) is 31.6 Å². The van der Waals surface area contributed by atoms with Gasteiger partial charge < -0.3 is 19.9 Å². The van der Waals surface area contributed by atoms with Crippen molar-refractivity contribution in [2.45, 2.75) is 25.5 Å². The second-order valence-corrected chi connectivity index (χ2v) is 11.4. The predicted octanol–water partition coefficient (Wildman–Crippen LogP) is 2.50. The molecular formula is C27H31N5O4S. The number of nitrogens with zero attached hydrogens (tertiary/aromatic N) is 4. The molecule has 37 heavy (non-hydrogen) atoms. The Bertz CT molecular complexity index is 1300. The van der Waals surface area contributed by atoms with Crippen LogP contribution in [0.2, 0.25) is 0 Å². The lowest BCUT2D eigenvalue weighted by atomic mass is 10.1. The van der Waals surface area contributed by atoms with Crippen molar-refractivity contribution in [3.8, 4) is 11.4 Å². The number of rotatable bonds is 9. The van der Waals surface area contributed by atoms with Gasteiger partial charge in [0.2, 0.25) is 11.7 Å². The summed E-state index contributed by atoms with van der Waals surface area (Å²) in [6.07, 6.45) is 3.89. The van der Waals surface area contributed by atoms with Gasteiger partial charge in [0.25, 0.3) is 0 Å². The molecule has 2 N–H and O–H groups in total. The molecule has 1 aromatic heterocycles. The van der Waals surface area contributed by atoms with Crippen molar-refractivity contribution in [3.05, 3.63) is 82.3 Å². The van der Waals surface area contributed by atoms with Crippen LogP contribution in [0, 0.1) is 5.41 Å². The van der Waals surface area contributed by atoms with E-state index in [-0.39, 0.29) is 11.0 Å². The molecule has 1 amide bonds. The average molecular weight is 522 g/mol. The van der Waals surface area contributed by atoms with E-state index in [4.69, 9.17) is 10.5 Å². The zero-order valence-corrected chi connectivity index (χ0v) is 21.7. The molecule has 1 atom stereocenters. The van der Waals surface area contributed by atoms with Gasteiger partial charge in [0, 0.05) is 41.0 Å². The van der Waals surface area contributed by atoms with Crippen molar-refractivity contribution in [1.82, 2.24) is 14.1 Å². The van der Waals surface area contributed by atoms with Gasteiger partial charge in [0.1, 0.15) is 5.69 Å². The second-order valence-electron chi connectivity index (χ2n) is 9.95. The minimum absolute atomic E-state index is 0.121. The third kappa shape index (κ3) is 5.82. The molecule has 0 bridgehead atoms. The van der Waals surface area contributed by atoms with Crippen molar-refractivity contribution in [2.24, 2.45) is 11.1 Å². The van der Waals surface area contributed by atoms with E-state index in [2.05, 4.69) is 16.9 Å². The summed E-state index contributed by atoms with van der Waals surface area (Å²) in [5.41, 5.74) is 7.81. The number of anilines is 1. The zero-order chi connectivity index (χ0) is 26.0. The number of carbonyl (C=O) groups excluding carboxylic acids is 1. The minimum atomic E-state index is -1.21. The van der Waals surface area contributed by atoms with E-state index >= 15 is 0 Å². The van der Waals surface area contributed by atoms with E-state index < -0.39 is 17.3 Å². The first-order chi connectivity index (χ1) is 17.8. The van der Waals surface area contributed by atoms with Crippen LogP contribution in [0.1, 0.15) is 35.7 Å². The summed E-state index contributed by atoms with van der Waals surface area (Å²) in [4.78, 5) is 26.8. The molecule has 3 aromatic rings. The summed E-state index contributed by atoms with van der Waals surface area (Å²) in [5, 5.41) is 4.45. The predicted molar refractivity (Wildman–Crippen MR) is 143 cm³/mol. The van der Waals surface area contributed by atoms with Crippen LogP contribution >= 0.6 is 0 Å². The Balaban J connectivity index is 1.29. The Morgan fingerprint density at radius 2 is 1.76 bits per heavy atom. The van der Waals surface area contributed by atoms with Crippen LogP contribution in [0.4, 0.5) is 5.69 Å². The summed E-state index contributed by atoms with van der Waals surface area (Å²) >= 11 is -1.21. The molecule has 9 nitrogen and oxygen atoms in total. The van der Waals surface area contributed by atoms with Crippen LogP contribution in [0.5, 0.6) is 5.75 Å². The number of nitrogens with two attached hydrogens (primary N) is 1. The van der Waals surface area contributed by atoms with Gasteiger partial charge in [0.15, 0.2) is 5.75 Å². The molecule has 5 rings (SSSR count). The van der Waals surface area contributed by atoms with Gasteiger partial charge in [-0.15, -0.1) is 4.31 Å². The van der Waals surface area contributed by atoms with Gasteiger partial charge in [-0.25, -0.2) is 0 Å². The van der Waals surface area contributed by atoms with E-state index in [0.717, 1.165) is 18.4 Å². The summed E-state index contributed by atoms with van der Waals surface area (Å²) in [5.74, 6) is 0.195. The Morgan fingerprint density at radius 1 is 1.08 bits per heavy atom. The van der Waals surface area contributed by atoms with E-state index in [9.17, 15) is 14.1 Å². The highest BCUT2D eigenvalue weighted by atomic mass is 32.2. The first kappa shape index (κ1) is 25.3. The summed E-state index contributed by atoms with van der Waals surface area (Å²) < 4.78 is 22.5.